The molecule has 0 spiro atoms. The first-order chi connectivity index (χ1) is 19.6. The maximum Gasteiger partial charge on any atom is 0.309 e. The Balaban J connectivity index is 1.36. The van der Waals surface area contributed by atoms with Crippen LogP contribution in [0.3, 0.4) is 0 Å². The fraction of sp³-hybridized carbons (Fsp3) is 0.235. The number of ether oxygens (including phenoxy) is 3. The monoisotopic (exact) mass is 537 g/mol. The summed E-state index contributed by atoms with van der Waals surface area (Å²) in [6.07, 6.45) is 0. The average Bonchev–Trinajstić information content (AvgIpc) is 3.00. The van der Waals surface area contributed by atoms with Gasteiger partial charge in [0.15, 0.2) is 0 Å². The predicted molar refractivity (Wildman–Crippen MR) is 157 cm³/mol. The van der Waals surface area contributed by atoms with E-state index in [-0.39, 0.29) is 17.8 Å². The topological polar surface area (TPSA) is 66.4 Å². The number of hydrogen-bond acceptors (Lipinski definition) is 6. The zero-order valence-electron chi connectivity index (χ0n) is 23.2. The Labute approximate surface area is 236 Å². The van der Waals surface area contributed by atoms with Gasteiger partial charge >= 0.3 is 5.97 Å². The van der Waals surface area contributed by atoms with Gasteiger partial charge in [-0.1, -0.05) is 97.0 Å². The summed E-state index contributed by atoms with van der Waals surface area (Å²) >= 11 is 0. The zero-order valence-corrected chi connectivity index (χ0v) is 23.2. The van der Waals surface area contributed by atoms with Gasteiger partial charge in [-0.05, 0) is 47.9 Å². The average molecular weight is 538 g/mol. The Morgan fingerprint density at radius 3 is 1.95 bits per heavy atom. The molecule has 40 heavy (non-hydrogen) atoms. The predicted octanol–water partition coefficient (Wildman–Crippen LogP) is 7.03. The van der Waals surface area contributed by atoms with Crippen molar-refractivity contribution >= 4 is 11.7 Å². The van der Waals surface area contributed by atoms with Gasteiger partial charge in [-0.25, -0.2) is 0 Å². The fourth-order valence-corrected chi connectivity index (χ4v) is 4.51. The van der Waals surface area contributed by atoms with E-state index in [1.807, 2.05) is 123 Å². The summed E-state index contributed by atoms with van der Waals surface area (Å²) in [4.78, 5) is 17.6. The number of carbonyl (C=O) groups is 1. The van der Waals surface area contributed by atoms with Gasteiger partial charge in [0.05, 0.1) is 12.5 Å². The van der Waals surface area contributed by atoms with E-state index in [0.29, 0.717) is 25.5 Å². The minimum absolute atomic E-state index is 0.113. The summed E-state index contributed by atoms with van der Waals surface area (Å²) in [5.74, 6) is 0.849. The maximum atomic E-state index is 12.6. The summed E-state index contributed by atoms with van der Waals surface area (Å²) in [6.45, 7) is 4.82. The van der Waals surface area contributed by atoms with Crippen LogP contribution in [0.4, 0.5) is 0 Å². The summed E-state index contributed by atoms with van der Waals surface area (Å²) in [5, 5.41) is 4.10. The van der Waals surface area contributed by atoms with Crippen LogP contribution in [0.15, 0.2) is 114 Å². The van der Waals surface area contributed by atoms with Gasteiger partial charge in [-0.3, -0.25) is 4.79 Å². The molecule has 4 rings (SSSR count). The third-order valence-electron chi connectivity index (χ3n) is 6.57. The van der Waals surface area contributed by atoms with Crippen LogP contribution in [0.1, 0.15) is 42.0 Å². The molecule has 206 valence electrons. The molecule has 2 unspecified atom stereocenters. The SMILES string of the molecule is CCOC(=O)C(C)C(c1ccccc1)c1ccc(OCc2ccc(OC/C(=N\OC)c3ccccc3)cc2)cc1. The van der Waals surface area contributed by atoms with E-state index in [9.17, 15) is 4.79 Å². The van der Waals surface area contributed by atoms with Crippen molar-refractivity contribution in [1.82, 2.24) is 0 Å². The van der Waals surface area contributed by atoms with Crippen molar-refractivity contribution in [2.24, 2.45) is 11.1 Å². The zero-order chi connectivity index (χ0) is 28.2. The molecule has 0 saturated heterocycles. The van der Waals surface area contributed by atoms with Crippen molar-refractivity contribution in [3.8, 4) is 11.5 Å². The van der Waals surface area contributed by atoms with Crippen molar-refractivity contribution in [2.75, 3.05) is 20.3 Å². The molecule has 0 fully saturated rings. The van der Waals surface area contributed by atoms with Crippen molar-refractivity contribution in [1.29, 1.82) is 0 Å². The van der Waals surface area contributed by atoms with Crippen LogP contribution in [0, 0.1) is 5.92 Å². The third kappa shape index (κ3) is 7.73. The van der Waals surface area contributed by atoms with Crippen LogP contribution in [0.2, 0.25) is 0 Å². The third-order valence-corrected chi connectivity index (χ3v) is 6.57. The van der Waals surface area contributed by atoms with E-state index in [1.165, 1.54) is 7.11 Å². The lowest BCUT2D eigenvalue weighted by molar-refractivity contribution is -0.147. The Morgan fingerprint density at radius 2 is 1.32 bits per heavy atom. The fourth-order valence-electron chi connectivity index (χ4n) is 4.51. The molecule has 6 heteroatoms. The minimum Gasteiger partial charge on any atom is -0.489 e. The summed E-state index contributed by atoms with van der Waals surface area (Å²) in [6, 6.07) is 35.6. The van der Waals surface area contributed by atoms with Gasteiger partial charge in [0, 0.05) is 11.5 Å². The molecule has 0 saturated carbocycles. The molecule has 6 nitrogen and oxygen atoms in total. The number of benzene rings is 4. The van der Waals surface area contributed by atoms with Crippen LogP contribution < -0.4 is 9.47 Å². The molecule has 4 aromatic rings. The van der Waals surface area contributed by atoms with Crippen LogP contribution in [-0.2, 0) is 21.0 Å². The van der Waals surface area contributed by atoms with Crippen LogP contribution >= 0.6 is 0 Å². The highest BCUT2D eigenvalue weighted by Gasteiger charge is 2.28. The van der Waals surface area contributed by atoms with Crippen molar-refractivity contribution in [3.05, 3.63) is 131 Å². The number of oxime groups is 1. The van der Waals surface area contributed by atoms with Crippen molar-refractivity contribution < 1.29 is 23.8 Å². The van der Waals surface area contributed by atoms with E-state index < -0.39 is 0 Å². The highest BCUT2D eigenvalue weighted by Crippen LogP contribution is 2.34. The molecule has 0 amide bonds. The lowest BCUT2D eigenvalue weighted by Gasteiger charge is -2.24. The van der Waals surface area contributed by atoms with Gasteiger partial charge < -0.3 is 19.0 Å². The molecule has 0 bridgehead atoms. The maximum absolute atomic E-state index is 12.6. The normalized spacial score (nSPS) is 12.7. The lowest BCUT2D eigenvalue weighted by atomic mass is 9.81. The van der Waals surface area contributed by atoms with E-state index in [2.05, 4.69) is 5.16 Å². The summed E-state index contributed by atoms with van der Waals surface area (Å²) < 4.78 is 17.3. The van der Waals surface area contributed by atoms with Crippen molar-refractivity contribution in [3.63, 3.8) is 0 Å². The largest absolute Gasteiger partial charge is 0.489 e. The number of carbonyl (C=O) groups excluding carboxylic acids is 1. The van der Waals surface area contributed by atoms with E-state index in [0.717, 1.165) is 33.8 Å². The first-order valence-corrected chi connectivity index (χ1v) is 13.4. The van der Waals surface area contributed by atoms with Crippen LogP contribution in [0.5, 0.6) is 11.5 Å². The summed E-state index contributed by atoms with van der Waals surface area (Å²) in [5.41, 5.74) is 4.79. The van der Waals surface area contributed by atoms with E-state index in [4.69, 9.17) is 19.0 Å². The summed E-state index contributed by atoms with van der Waals surface area (Å²) in [7, 11) is 1.52. The second-order valence-corrected chi connectivity index (χ2v) is 9.31. The highest BCUT2D eigenvalue weighted by atomic mass is 16.6. The molecule has 0 radical (unpaired) electrons. The molecule has 0 aromatic heterocycles. The molecule has 0 N–H and O–H groups in total. The molecule has 0 aliphatic carbocycles. The Kier molecular flexibility index (Phi) is 10.3. The molecular weight excluding hydrogens is 502 g/mol. The second kappa shape index (κ2) is 14.5. The number of rotatable bonds is 13. The molecular formula is C34H35NO5. The first kappa shape index (κ1) is 28.4. The Morgan fingerprint density at radius 1 is 0.750 bits per heavy atom. The molecule has 0 aliphatic rings. The molecule has 2 atom stereocenters. The standard InChI is InChI=1S/C34H35NO5/c1-4-38-34(36)25(2)33(28-13-9-6-10-14-28)29-17-21-31(22-18-29)39-23-26-15-19-30(20-16-26)40-24-32(35-37-3)27-11-7-5-8-12-27/h5-22,25,33H,4,23-24H2,1-3H3/b35-32+. The molecule has 4 aromatic carbocycles. The van der Waals surface area contributed by atoms with Gasteiger partial charge in [-0.15, -0.1) is 0 Å². The van der Waals surface area contributed by atoms with Gasteiger partial charge in [-0.2, -0.15) is 0 Å². The number of esters is 1. The molecule has 0 heterocycles. The first-order valence-electron chi connectivity index (χ1n) is 13.4. The van der Waals surface area contributed by atoms with Crippen LogP contribution in [-0.4, -0.2) is 32.0 Å². The second-order valence-electron chi connectivity index (χ2n) is 9.31. The van der Waals surface area contributed by atoms with Gasteiger partial charge in [0.2, 0.25) is 0 Å². The van der Waals surface area contributed by atoms with Gasteiger partial charge in [0.1, 0.15) is 37.5 Å². The Bertz CT molecular complexity index is 1350. The lowest BCUT2D eigenvalue weighted by Crippen LogP contribution is -2.23. The smallest absolute Gasteiger partial charge is 0.309 e. The van der Waals surface area contributed by atoms with E-state index in [1.54, 1.807) is 0 Å². The molecule has 0 aliphatic heterocycles. The number of nitrogens with zero attached hydrogens (tertiary/aromatic N) is 1. The highest BCUT2D eigenvalue weighted by molar-refractivity contribution is 6.01. The minimum atomic E-state index is -0.320. The number of hydrogen-bond donors (Lipinski definition) is 0. The Hall–Kier alpha value is -4.58. The van der Waals surface area contributed by atoms with E-state index >= 15 is 0 Å². The van der Waals surface area contributed by atoms with Crippen molar-refractivity contribution in [2.45, 2.75) is 26.4 Å². The van der Waals surface area contributed by atoms with Gasteiger partial charge in [0.25, 0.3) is 0 Å². The quantitative estimate of drug-likeness (QED) is 0.104. The van der Waals surface area contributed by atoms with Crippen LogP contribution in [0.25, 0.3) is 0 Å².